The Hall–Kier alpha value is -2.32. The highest BCUT2D eigenvalue weighted by Crippen LogP contribution is 2.12. The highest BCUT2D eigenvalue weighted by Gasteiger charge is 2.09. The largest absolute Gasteiger partial charge is 0.469 e. The SMILES string of the molecule is CCCCC(CC)CNC(=NCc1ccc(S(N)(=O)=O)cc1)NCCc1ccco1. The van der Waals surface area contributed by atoms with E-state index < -0.39 is 10.0 Å². The summed E-state index contributed by atoms with van der Waals surface area (Å²) in [6.07, 6.45) is 7.20. The Morgan fingerprint density at radius 1 is 1.17 bits per heavy atom. The summed E-state index contributed by atoms with van der Waals surface area (Å²) >= 11 is 0. The molecule has 8 heteroatoms. The fraction of sp³-hybridized carbons (Fsp3) is 0.500. The molecule has 0 aliphatic heterocycles. The lowest BCUT2D eigenvalue weighted by Gasteiger charge is -2.18. The van der Waals surface area contributed by atoms with Crippen LogP contribution in [-0.2, 0) is 23.0 Å². The highest BCUT2D eigenvalue weighted by atomic mass is 32.2. The number of guanidine groups is 1. The van der Waals surface area contributed by atoms with Crippen LogP contribution >= 0.6 is 0 Å². The fourth-order valence-corrected chi connectivity index (χ4v) is 3.59. The Labute approximate surface area is 180 Å². The van der Waals surface area contributed by atoms with Crippen LogP contribution in [0.15, 0.2) is 57.0 Å². The first-order chi connectivity index (χ1) is 14.4. The van der Waals surface area contributed by atoms with Gasteiger partial charge < -0.3 is 15.1 Å². The third-order valence-corrected chi connectivity index (χ3v) is 5.95. The van der Waals surface area contributed by atoms with Gasteiger partial charge in [0, 0.05) is 19.5 Å². The molecular formula is C22H34N4O3S. The van der Waals surface area contributed by atoms with Crippen LogP contribution in [0.2, 0.25) is 0 Å². The molecule has 1 aromatic carbocycles. The first-order valence-corrected chi connectivity index (χ1v) is 12.1. The van der Waals surface area contributed by atoms with Crippen molar-refractivity contribution in [3.05, 3.63) is 54.0 Å². The molecule has 0 saturated carbocycles. The summed E-state index contributed by atoms with van der Waals surface area (Å²) in [4.78, 5) is 4.78. The minimum atomic E-state index is -3.68. The normalized spacial score (nSPS) is 13.2. The molecule has 30 heavy (non-hydrogen) atoms. The molecule has 0 aliphatic carbocycles. The molecule has 0 amide bonds. The predicted octanol–water partition coefficient (Wildman–Crippen LogP) is 3.42. The summed E-state index contributed by atoms with van der Waals surface area (Å²) in [6.45, 7) is 6.44. The number of nitrogens with zero attached hydrogens (tertiary/aromatic N) is 1. The van der Waals surface area contributed by atoms with Crippen LogP contribution in [-0.4, -0.2) is 27.5 Å². The standard InChI is InChI=1S/C22H34N4O3S/c1-3-5-7-18(4-2)16-25-22(24-14-13-20-8-6-15-29-20)26-17-19-9-11-21(12-10-19)30(23,27)28/h6,8-12,15,18H,3-5,7,13-14,16-17H2,1-2H3,(H2,23,27,28)(H2,24,25,26). The average molecular weight is 435 g/mol. The van der Waals surface area contributed by atoms with E-state index in [1.54, 1.807) is 18.4 Å². The van der Waals surface area contributed by atoms with Crippen molar-refractivity contribution in [2.75, 3.05) is 13.1 Å². The van der Waals surface area contributed by atoms with Crippen LogP contribution in [0.4, 0.5) is 0 Å². The van der Waals surface area contributed by atoms with E-state index in [0.717, 1.165) is 36.7 Å². The number of unbranched alkanes of at least 4 members (excludes halogenated alkanes) is 1. The number of nitrogens with two attached hydrogens (primary N) is 1. The lowest BCUT2D eigenvalue weighted by atomic mass is 9.99. The number of hydrogen-bond donors (Lipinski definition) is 3. The van der Waals surface area contributed by atoms with Crippen molar-refractivity contribution in [3.63, 3.8) is 0 Å². The van der Waals surface area contributed by atoms with Crippen molar-refractivity contribution >= 4 is 16.0 Å². The maximum absolute atomic E-state index is 11.4. The molecule has 1 heterocycles. The molecule has 2 aromatic rings. The Balaban J connectivity index is 1.98. The first kappa shape index (κ1) is 24.0. The number of hydrogen-bond acceptors (Lipinski definition) is 4. The zero-order valence-electron chi connectivity index (χ0n) is 17.9. The van der Waals surface area contributed by atoms with E-state index in [1.807, 2.05) is 12.1 Å². The summed E-state index contributed by atoms with van der Waals surface area (Å²) in [5.41, 5.74) is 0.910. The Morgan fingerprint density at radius 3 is 2.53 bits per heavy atom. The maximum atomic E-state index is 11.4. The van der Waals surface area contributed by atoms with Crippen LogP contribution in [0.25, 0.3) is 0 Å². The van der Waals surface area contributed by atoms with Crippen LogP contribution in [0, 0.1) is 5.92 Å². The minimum Gasteiger partial charge on any atom is -0.469 e. The van der Waals surface area contributed by atoms with Gasteiger partial charge in [-0.3, -0.25) is 0 Å². The second kappa shape index (κ2) is 12.4. The molecule has 0 spiro atoms. The monoisotopic (exact) mass is 434 g/mol. The van der Waals surface area contributed by atoms with Gasteiger partial charge in [0.15, 0.2) is 5.96 Å². The van der Waals surface area contributed by atoms with Gasteiger partial charge in [-0.25, -0.2) is 18.5 Å². The molecule has 166 valence electrons. The average Bonchev–Trinajstić information content (AvgIpc) is 3.24. The summed E-state index contributed by atoms with van der Waals surface area (Å²) in [5.74, 6) is 2.28. The molecular weight excluding hydrogens is 400 g/mol. The molecule has 0 aliphatic rings. The van der Waals surface area contributed by atoms with Gasteiger partial charge in [-0.15, -0.1) is 0 Å². The van der Waals surface area contributed by atoms with Crippen molar-refractivity contribution in [2.24, 2.45) is 16.0 Å². The van der Waals surface area contributed by atoms with Gasteiger partial charge in [0.1, 0.15) is 5.76 Å². The third kappa shape index (κ3) is 8.59. The second-order valence-corrected chi connectivity index (χ2v) is 8.97. The van der Waals surface area contributed by atoms with E-state index in [4.69, 9.17) is 9.56 Å². The number of rotatable bonds is 12. The Kier molecular flexibility index (Phi) is 9.89. The second-order valence-electron chi connectivity index (χ2n) is 7.41. The van der Waals surface area contributed by atoms with Crippen LogP contribution in [0.1, 0.15) is 50.9 Å². The van der Waals surface area contributed by atoms with E-state index in [0.29, 0.717) is 19.0 Å². The number of aliphatic imine (C=N–C) groups is 1. The van der Waals surface area contributed by atoms with Crippen molar-refractivity contribution in [1.82, 2.24) is 10.6 Å². The molecule has 0 radical (unpaired) electrons. The molecule has 0 fully saturated rings. The number of sulfonamides is 1. The van der Waals surface area contributed by atoms with Gasteiger partial charge in [-0.05, 0) is 42.2 Å². The molecule has 4 N–H and O–H groups in total. The lowest BCUT2D eigenvalue weighted by molar-refractivity contribution is 0.443. The molecule has 2 rings (SSSR count). The van der Waals surface area contributed by atoms with Gasteiger partial charge in [-0.2, -0.15) is 0 Å². The van der Waals surface area contributed by atoms with E-state index >= 15 is 0 Å². The number of nitrogens with one attached hydrogen (secondary N) is 2. The summed E-state index contributed by atoms with van der Waals surface area (Å²) in [7, 11) is -3.68. The molecule has 0 bridgehead atoms. The predicted molar refractivity (Wildman–Crippen MR) is 121 cm³/mol. The number of primary sulfonamides is 1. The van der Waals surface area contributed by atoms with Gasteiger partial charge in [0.05, 0.1) is 17.7 Å². The van der Waals surface area contributed by atoms with Crippen LogP contribution in [0.3, 0.4) is 0 Å². The van der Waals surface area contributed by atoms with Crippen molar-refractivity contribution in [2.45, 2.75) is 57.4 Å². The lowest BCUT2D eigenvalue weighted by Crippen LogP contribution is -2.40. The Morgan fingerprint density at radius 2 is 1.93 bits per heavy atom. The summed E-state index contributed by atoms with van der Waals surface area (Å²) < 4.78 is 28.2. The van der Waals surface area contributed by atoms with Gasteiger partial charge >= 0.3 is 0 Å². The van der Waals surface area contributed by atoms with Crippen LogP contribution in [0.5, 0.6) is 0 Å². The molecule has 0 saturated heterocycles. The summed E-state index contributed by atoms with van der Waals surface area (Å²) in [6, 6.07) is 10.3. The zero-order valence-corrected chi connectivity index (χ0v) is 18.7. The van der Waals surface area contributed by atoms with Gasteiger partial charge in [0.25, 0.3) is 0 Å². The van der Waals surface area contributed by atoms with Crippen LogP contribution < -0.4 is 15.8 Å². The number of furan rings is 1. The van der Waals surface area contributed by atoms with Crippen molar-refractivity contribution in [3.8, 4) is 0 Å². The van der Waals surface area contributed by atoms with E-state index in [-0.39, 0.29) is 4.90 Å². The Bertz CT molecular complexity index is 862. The number of benzene rings is 1. The first-order valence-electron chi connectivity index (χ1n) is 10.6. The van der Waals surface area contributed by atoms with E-state index in [1.165, 1.54) is 31.4 Å². The molecule has 1 aromatic heterocycles. The van der Waals surface area contributed by atoms with E-state index in [9.17, 15) is 8.42 Å². The topological polar surface area (TPSA) is 110 Å². The fourth-order valence-electron chi connectivity index (χ4n) is 3.07. The van der Waals surface area contributed by atoms with E-state index in [2.05, 4.69) is 29.5 Å². The smallest absolute Gasteiger partial charge is 0.238 e. The highest BCUT2D eigenvalue weighted by molar-refractivity contribution is 7.89. The minimum absolute atomic E-state index is 0.104. The molecule has 7 nitrogen and oxygen atoms in total. The van der Waals surface area contributed by atoms with Gasteiger partial charge in [-0.1, -0.05) is 45.2 Å². The summed E-state index contributed by atoms with van der Waals surface area (Å²) in [5, 5.41) is 12.0. The quantitative estimate of drug-likeness (QED) is 0.350. The maximum Gasteiger partial charge on any atom is 0.238 e. The van der Waals surface area contributed by atoms with Gasteiger partial charge in [0.2, 0.25) is 10.0 Å². The third-order valence-electron chi connectivity index (χ3n) is 5.02. The molecule has 1 atom stereocenters. The van der Waals surface area contributed by atoms with Crippen molar-refractivity contribution in [1.29, 1.82) is 0 Å². The zero-order chi connectivity index (χ0) is 21.8. The molecule has 1 unspecified atom stereocenters. The van der Waals surface area contributed by atoms with Crippen molar-refractivity contribution < 1.29 is 12.8 Å².